The predicted molar refractivity (Wildman–Crippen MR) is 99.0 cm³/mol. The second kappa shape index (κ2) is 8.85. The molecule has 1 aliphatic heterocycles. The highest BCUT2D eigenvalue weighted by Gasteiger charge is 2.21. The Morgan fingerprint density at radius 2 is 2.15 bits per heavy atom. The van der Waals surface area contributed by atoms with E-state index in [0.29, 0.717) is 18.0 Å². The second-order valence-corrected chi connectivity index (χ2v) is 6.95. The molecule has 1 fully saturated rings. The van der Waals surface area contributed by atoms with Crippen LogP contribution in [-0.4, -0.2) is 33.9 Å². The molecule has 2 heterocycles. The molecule has 2 aromatic rings. The summed E-state index contributed by atoms with van der Waals surface area (Å²) in [7, 11) is 0. The molecule has 1 aromatic heterocycles. The van der Waals surface area contributed by atoms with Crippen LogP contribution in [0.3, 0.4) is 0 Å². The van der Waals surface area contributed by atoms with Crippen molar-refractivity contribution in [1.82, 2.24) is 14.9 Å². The molecule has 1 amide bonds. The van der Waals surface area contributed by atoms with Crippen molar-refractivity contribution in [3.05, 3.63) is 53.9 Å². The third-order valence-corrected chi connectivity index (χ3v) is 4.83. The highest BCUT2D eigenvalue weighted by molar-refractivity contribution is 5.91. The highest BCUT2D eigenvalue weighted by Crippen LogP contribution is 2.23. The first kappa shape index (κ1) is 18.5. The minimum Gasteiger partial charge on any atom is -0.326 e. The van der Waals surface area contributed by atoms with Crippen molar-refractivity contribution in [2.45, 2.75) is 39.2 Å². The molecule has 1 aromatic carbocycles. The maximum atomic E-state index is 13.1. The number of hydrogen-bond donors (Lipinski definition) is 1. The van der Waals surface area contributed by atoms with Gasteiger partial charge in [0.05, 0.1) is 6.54 Å². The Hall–Kier alpha value is -2.34. The molecule has 0 spiro atoms. The van der Waals surface area contributed by atoms with Crippen LogP contribution in [0.2, 0.25) is 0 Å². The Balaban J connectivity index is 1.45. The van der Waals surface area contributed by atoms with Crippen LogP contribution in [0.5, 0.6) is 0 Å². The lowest BCUT2D eigenvalue weighted by atomic mass is 9.93. The SMILES string of the molecule is Cc1cc(F)ccc1NC(=O)CC[C@H]1CCCN(Cc2ncccn2)C1. The van der Waals surface area contributed by atoms with E-state index in [9.17, 15) is 9.18 Å². The molecule has 1 saturated heterocycles. The summed E-state index contributed by atoms with van der Waals surface area (Å²) in [5.41, 5.74) is 1.42. The first-order valence-corrected chi connectivity index (χ1v) is 9.14. The van der Waals surface area contributed by atoms with E-state index in [-0.39, 0.29) is 11.7 Å². The number of anilines is 1. The number of nitrogens with one attached hydrogen (secondary N) is 1. The summed E-state index contributed by atoms with van der Waals surface area (Å²) < 4.78 is 13.1. The van der Waals surface area contributed by atoms with Crippen LogP contribution in [-0.2, 0) is 11.3 Å². The molecule has 0 saturated carbocycles. The monoisotopic (exact) mass is 356 g/mol. The van der Waals surface area contributed by atoms with E-state index in [2.05, 4.69) is 20.2 Å². The zero-order valence-electron chi connectivity index (χ0n) is 15.1. The number of halogens is 1. The van der Waals surface area contributed by atoms with E-state index < -0.39 is 0 Å². The molecule has 1 N–H and O–H groups in total. The Kier molecular flexibility index (Phi) is 6.28. The van der Waals surface area contributed by atoms with Gasteiger partial charge in [0.25, 0.3) is 0 Å². The fourth-order valence-corrected chi connectivity index (χ4v) is 3.46. The van der Waals surface area contributed by atoms with Crippen LogP contribution in [0, 0.1) is 18.7 Å². The van der Waals surface area contributed by atoms with Crippen molar-refractivity contribution in [2.75, 3.05) is 18.4 Å². The van der Waals surface area contributed by atoms with E-state index in [1.54, 1.807) is 25.4 Å². The van der Waals surface area contributed by atoms with E-state index in [4.69, 9.17) is 0 Å². The van der Waals surface area contributed by atoms with Crippen LogP contribution < -0.4 is 5.32 Å². The van der Waals surface area contributed by atoms with Crippen molar-refractivity contribution in [3.8, 4) is 0 Å². The molecular weight excluding hydrogens is 331 g/mol. The van der Waals surface area contributed by atoms with E-state index >= 15 is 0 Å². The first-order valence-electron chi connectivity index (χ1n) is 9.14. The van der Waals surface area contributed by atoms with Gasteiger partial charge in [0.1, 0.15) is 11.6 Å². The summed E-state index contributed by atoms with van der Waals surface area (Å²) in [5.74, 6) is 1.05. The van der Waals surface area contributed by atoms with Crippen molar-refractivity contribution >= 4 is 11.6 Å². The van der Waals surface area contributed by atoms with Crippen molar-refractivity contribution in [3.63, 3.8) is 0 Å². The van der Waals surface area contributed by atoms with Gasteiger partial charge in [-0.25, -0.2) is 14.4 Å². The summed E-state index contributed by atoms with van der Waals surface area (Å²) in [6.45, 7) is 4.58. The number of aryl methyl sites for hydroxylation is 1. The minimum atomic E-state index is -0.287. The lowest BCUT2D eigenvalue weighted by Crippen LogP contribution is -2.35. The van der Waals surface area contributed by atoms with Crippen LogP contribution in [0.15, 0.2) is 36.7 Å². The zero-order chi connectivity index (χ0) is 18.4. The smallest absolute Gasteiger partial charge is 0.224 e. The molecule has 0 aliphatic carbocycles. The number of hydrogen-bond acceptors (Lipinski definition) is 4. The first-order chi connectivity index (χ1) is 12.6. The fraction of sp³-hybridized carbons (Fsp3) is 0.450. The van der Waals surface area contributed by atoms with Gasteiger partial charge in [0, 0.05) is 31.0 Å². The van der Waals surface area contributed by atoms with Crippen LogP contribution >= 0.6 is 0 Å². The molecule has 0 radical (unpaired) electrons. The number of carbonyl (C=O) groups is 1. The van der Waals surface area contributed by atoms with Gasteiger partial charge in [-0.15, -0.1) is 0 Å². The van der Waals surface area contributed by atoms with Gasteiger partial charge in [-0.05, 0) is 68.5 Å². The number of carbonyl (C=O) groups excluding carboxylic acids is 1. The third kappa shape index (κ3) is 5.33. The van der Waals surface area contributed by atoms with Gasteiger partial charge in [-0.2, -0.15) is 0 Å². The number of amides is 1. The molecule has 6 heteroatoms. The summed E-state index contributed by atoms with van der Waals surface area (Å²) in [4.78, 5) is 23.2. The van der Waals surface area contributed by atoms with E-state index in [1.807, 2.05) is 6.07 Å². The Morgan fingerprint density at radius 1 is 1.35 bits per heavy atom. The minimum absolute atomic E-state index is 0.0109. The molecule has 0 unspecified atom stereocenters. The Morgan fingerprint density at radius 3 is 2.92 bits per heavy atom. The van der Waals surface area contributed by atoms with E-state index in [1.165, 1.54) is 12.1 Å². The lowest BCUT2D eigenvalue weighted by Gasteiger charge is -2.32. The predicted octanol–water partition coefficient (Wildman–Crippen LogP) is 3.56. The van der Waals surface area contributed by atoms with Gasteiger partial charge in [-0.1, -0.05) is 0 Å². The zero-order valence-corrected chi connectivity index (χ0v) is 15.1. The number of aromatic nitrogens is 2. The summed E-state index contributed by atoms with van der Waals surface area (Å²) in [6, 6.07) is 6.24. The second-order valence-electron chi connectivity index (χ2n) is 6.95. The van der Waals surface area contributed by atoms with Crippen molar-refractivity contribution < 1.29 is 9.18 Å². The molecule has 26 heavy (non-hydrogen) atoms. The van der Waals surface area contributed by atoms with Gasteiger partial charge in [0.15, 0.2) is 0 Å². The summed E-state index contributed by atoms with van der Waals surface area (Å²) in [6.07, 6.45) is 7.16. The summed E-state index contributed by atoms with van der Waals surface area (Å²) in [5, 5.41) is 2.89. The Labute approximate surface area is 153 Å². The largest absolute Gasteiger partial charge is 0.326 e. The fourth-order valence-electron chi connectivity index (χ4n) is 3.46. The van der Waals surface area contributed by atoms with Gasteiger partial charge < -0.3 is 5.32 Å². The standard InChI is InChI=1S/C20H25FN4O/c1-15-12-17(21)6-7-18(15)24-20(26)8-5-16-4-2-11-25(13-16)14-19-22-9-3-10-23-19/h3,6-7,9-10,12,16H,2,4-5,8,11,13-14H2,1H3,(H,24,26)/t16-/m1/s1. The number of likely N-dealkylation sites (tertiary alicyclic amines) is 1. The highest BCUT2D eigenvalue weighted by atomic mass is 19.1. The summed E-state index contributed by atoms with van der Waals surface area (Å²) >= 11 is 0. The third-order valence-electron chi connectivity index (χ3n) is 4.83. The average Bonchev–Trinajstić information content (AvgIpc) is 2.64. The number of piperidine rings is 1. The molecule has 3 rings (SSSR count). The number of benzene rings is 1. The van der Waals surface area contributed by atoms with Crippen LogP contribution in [0.4, 0.5) is 10.1 Å². The maximum absolute atomic E-state index is 13.1. The average molecular weight is 356 g/mol. The van der Waals surface area contributed by atoms with Crippen molar-refractivity contribution in [2.24, 2.45) is 5.92 Å². The van der Waals surface area contributed by atoms with Gasteiger partial charge >= 0.3 is 0 Å². The molecule has 5 nitrogen and oxygen atoms in total. The maximum Gasteiger partial charge on any atom is 0.224 e. The quantitative estimate of drug-likeness (QED) is 0.860. The topological polar surface area (TPSA) is 58.1 Å². The lowest BCUT2D eigenvalue weighted by molar-refractivity contribution is -0.116. The molecule has 1 aliphatic rings. The van der Waals surface area contributed by atoms with Crippen molar-refractivity contribution in [1.29, 1.82) is 0 Å². The van der Waals surface area contributed by atoms with E-state index in [0.717, 1.165) is 50.3 Å². The number of nitrogens with zero attached hydrogens (tertiary/aromatic N) is 3. The Bertz CT molecular complexity index is 738. The number of rotatable bonds is 6. The normalized spacial score (nSPS) is 17.8. The molecule has 0 bridgehead atoms. The van der Waals surface area contributed by atoms with Crippen LogP contribution in [0.25, 0.3) is 0 Å². The molecular formula is C20H25FN4O. The van der Waals surface area contributed by atoms with Crippen LogP contribution in [0.1, 0.15) is 37.1 Å². The van der Waals surface area contributed by atoms with Gasteiger partial charge in [-0.3, -0.25) is 9.69 Å². The van der Waals surface area contributed by atoms with Gasteiger partial charge in [0.2, 0.25) is 5.91 Å². The molecule has 1 atom stereocenters. The molecule has 138 valence electrons.